The number of benzene rings is 2. The van der Waals surface area contributed by atoms with Crippen molar-refractivity contribution in [3.8, 4) is 11.5 Å². The summed E-state index contributed by atoms with van der Waals surface area (Å²) < 4.78 is 11.2. The molecule has 0 atom stereocenters. The van der Waals surface area contributed by atoms with E-state index in [1.165, 1.54) is 0 Å². The van der Waals surface area contributed by atoms with Crippen molar-refractivity contribution < 1.29 is 14.3 Å². The summed E-state index contributed by atoms with van der Waals surface area (Å²) in [5.74, 6) is 0.998. The highest BCUT2D eigenvalue weighted by molar-refractivity contribution is 5.91. The van der Waals surface area contributed by atoms with Crippen molar-refractivity contribution in [2.45, 2.75) is 13.5 Å². The molecule has 0 spiro atoms. The average Bonchev–Trinajstić information content (AvgIpc) is 2.65. The standard InChI is InChI=1S/C21H29N3O3/c1-16-8-10-18(11-9-16)23-20(25)15-27-21-17(6-5-7-19(21)26-4)14-22-12-13-24(2)3/h5-11,22H,12-15H2,1-4H3,(H,23,25). The number of ether oxygens (including phenoxy) is 2. The number of likely N-dealkylation sites (N-methyl/N-ethyl adjacent to an activating group) is 1. The zero-order chi connectivity index (χ0) is 19.6. The van der Waals surface area contributed by atoms with E-state index in [1.807, 2.05) is 63.5 Å². The summed E-state index contributed by atoms with van der Waals surface area (Å²) in [6, 6.07) is 13.4. The summed E-state index contributed by atoms with van der Waals surface area (Å²) in [6.07, 6.45) is 0. The normalized spacial score (nSPS) is 10.7. The number of nitrogens with zero attached hydrogens (tertiary/aromatic N) is 1. The fourth-order valence-corrected chi connectivity index (χ4v) is 2.52. The molecule has 27 heavy (non-hydrogen) atoms. The van der Waals surface area contributed by atoms with E-state index in [0.29, 0.717) is 18.0 Å². The van der Waals surface area contributed by atoms with Crippen molar-refractivity contribution in [1.29, 1.82) is 0 Å². The highest BCUT2D eigenvalue weighted by Crippen LogP contribution is 2.31. The van der Waals surface area contributed by atoms with Crippen LogP contribution < -0.4 is 20.1 Å². The molecule has 0 aliphatic carbocycles. The molecule has 1 amide bonds. The van der Waals surface area contributed by atoms with Crippen molar-refractivity contribution in [1.82, 2.24) is 10.2 Å². The van der Waals surface area contributed by atoms with Gasteiger partial charge in [0.25, 0.3) is 5.91 Å². The molecule has 6 heteroatoms. The maximum Gasteiger partial charge on any atom is 0.262 e. The van der Waals surface area contributed by atoms with Gasteiger partial charge in [0.15, 0.2) is 18.1 Å². The number of rotatable bonds is 10. The van der Waals surface area contributed by atoms with Crippen LogP contribution in [0, 0.1) is 6.92 Å². The quantitative estimate of drug-likeness (QED) is 0.629. The summed E-state index contributed by atoms with van der Waals surface area (Å²) in [4.78, 5) is 14.3. The van der Waals surface area contributed by atoms with E-state index in [2.05, 4.69) is 15.5 Å². The molecule has 0 heterocycles. The number of para-hydroxylation sites is 1. The van der Waals surface area contributed by atoms with Crippen LogP contribution in [0.4, 0.5) is 5.69 Å². The van der Waals surface area contributed by atoms with Crippen LogP contribution in [0.1, 0.15) is 11.1 Å². The third kappa shape index (κ3) is 6.92. The summed E-state index contributed by atoms with van der Waals surface area (Å²) in [5, 5.41) is 6.21. The van der Waals surface area contributed by atoms with Crippen molar-refractivity contribution in [3.05, 3.63) is 53.6 Å². The maximum atomic E-state index is 12.2. The van der Waals surface area contributed by atoms with E-state index in [9.17, 15) is 4.79 Å². The lowest BCUT2D eigenvalue weighted by molar-refractivity contribution is -0.118. The van der Waals surface area contributed by atoms with Crippen molar-refractivity contribution in [2.24, 2.45) is 0 Å². The Hall–Kier alpha value is -2.57. The first kappa shape index (κ1) is 20.7. The van der Waals surface area contributed by atoms with Gasteiger partial charge in [-0.25, -0.2) is 0 Å². The number of amides is 1. The summed E-state index contributed by atoms with van der Waals surface area (Å²) in [5.41, 5.74) is 2.85. The molecule has 2 N–H and O–H groups in total. The molecule has 0 aliphatic rings. The monoisotopic (exact) mass is 371 g/mol. The van der Waals surface area contributed by atoms with Gasteiger partial charge in [0.1, 0.15) is 0 Å². The minimum Gasteiger partial charge on any atom is -0.493 e. The predicted octanol–water partition coefficient (Wildman–Crippen LogP) is 2.67. The van der Waals surface area contributed by atoms with E-state index in [0.717, 1.165) is 29.9 Å². The number of methoxy groups -OCH3 is 1. The smallest absolute Gasteiger partial charge is 0.262 e. The first-order valence-corrected chi connectivity index (χ1v) is 9.00. The molecule has 0 aromatic heterocycles. The summed E-state index contributed by atoms with van der Waals surface area (Å²) >= 11 is 0. The number of aryl methyl sites for hydroxylation is 1. The van der Waals surface area contributed by atoms with Crippen LogP contribution >= 0.6 is 0 Å². The van der Waals surface area contributed by atoms with Crippen molar-refractivity contribution >= 4 is 11.6 Å². The molecule has 2 rings (SSSR count). The lowest BCUT2D eigenvalue weighted by Gasteiger charge is -2.16. The fraction of sp³-hybridized carbons (Fsp3) is 0.381. The summed E-state index contributed by atoms with van der Waals surface area (Å²) in [7, 11) is 5.67. The molecule has 146 valence electrons. The van der Waals surface area contributed by atoms with Crippen LogP contribution in [0.25, 0.3) is 0 Å². The van der Waals surface area contributed by atoms with Gasteiger partial charge in [-0.15, -0.1) is 0 Å². The molecule has 0 aliphatic heterocycles. The molecule has 0 saturated carbocycles. The van der Waals surface area contributed by atoms with Gasteiger partial charge in [-0.05, 0) is 39.2 Å². The molecule has 0 bridgehead atoms. The number of hydrogen-bond acceptors (Lipinski definition) is 5. The van der Waals surface area contributed by atoms with E-state index < -0.39 is 0 Å². The lowest BCUT2D eigenvalue weighted by Crippen LogP contribution is -2.26. The van der Waals surface area contributed by atoms with Gasteiger partial charge < -0.3 is 25.0 Å². The lowest BCUT2D eigenvalue weighted by atomic mass is 10.2. The first-order chi connectivity index (χ1) is 13.0. The minimum absolute atomic E-state index is 0.0844. The number of carbonyl (C=O) groups excluding carboxylic acids is 1. The van der Waals surface area contributed by atoms with Crippen LogP contribution in [0.3, 0.4) is 0 Å². The molecular formula is C21H29N3O3. The third-order valence-electron chi connectivity index (χ3n) is 4.01. The molecule has 6 nitrogen and oxygen atoms in total. The predicted molar refractivity (Wildman–Crippen MR) is 109 cm³/mol. The van der Waals surface area contributed by atoms with Gasteiger partial charge in [-0.3, -0.25) is 4.79 Å². The second-order valence-electron chi connectivity index (χ2n) is 6.63. The van der Waals surface area contributed by atoms with Gasteiger partial charge in [0.05, 0.1) is 7.11 Å². The van der Waals surface area contributed by atoms with Gasteiger partial charge in [0.2, 0.25) is 0 Å². The van der Waals surface area contributed by atoms with E-state index >= 15 is 0 Å². The fourth-order valence-electron chi connectivity index (χ4n) is 2.52. The number of carbonyl (C=O) groups is 1. The largest absolute Gasteiger partial charge is 0.493 e. The molecule has 2 aromatic carbocycles. The SMILES string of the molecule is COc1cccc(CNCCN(C)C)c1OCC(=O)Nc1ccc(C)cc1. The van der Waals surface area contributed by atoms with E-state index in [4.69, 9.17) is 9.47 Å². The van der Waals surface area contributed by atoms with Gasteiger partial charge in [-0.1, -0.05) is 29.8 Å². The Morgan fingerprint density at radius 1 is 1.11 bits per heavy atom. The van der Waals surface area contributed by atoms with E-state index in [1.54, 1.807) is 7.11 Å². The topological polar surface area (TPSA) is 62.8 Å². The van der Waals surface area contributed by atoms with Crippen molar-refractivity contribution in [3.63, 3.8) is 0 Å². The molecule has 0 saturated heterocycles. The van der Waals surface area contributed by atoms with Crippen LogP contribution in [0.15, 0.2) is 42.5 Å². The summed E-state index contributed by atoms with van der Waals surface area (Å²) in [6.45, 7) is 4.36. The highest BCUT2D eigenvalue weighted by Gasteiger charge is 2.13. The number of hydrogen-bond donors (Lipinski definition) is 2. The second kappa shape index (κ2) is 10.5. The van der Waals surface area contributed by atoms with Gasteiger partial charge in [0, 0.05) is 30.9 Å². The van der Waals surface area contributed by atoms with Crippen LogP contribution in [-0.4, -0.2) is 51.7 Å². The Bertz CT molecular complexity index is 730. The highest BCUT2D eigenvalue weighted by atomic mass is 16.5. The first-order valence-electron chi connectivity index (χ1n) is 9.00. The van der Waals surface area contributed by atoms with Crippen molar-refractivity contribution in [2.75, 3.05) is 46.2 Å². The molecule has 0 unspecified atom stereocenters. The zero-order valence-electron chi connectivity index (χ0n) is 16.5. The average molecular weight is 371 g/mol. The Balaban J connectivity index is 1.96. The Morgan fingerprint density at radius 2 is 1.85 bits per heavy atom. The number of anilines is 1. The third-order valence-corrected chi connectivity index (χ3v) is 4.01. The second-order valence-corrected chi connectivity index (χ2v) is 6.63. The molecular weight excluding hydrogens is 342 g/mol. The van der Waals surface area contributed by atoms with Gasteiger partial charge >= 0.3 is 0 Å². The zero-order valence-corrected chi connectivity index (χ0v) is 16.5. The number of nitrogens with one attached hydrogen (secondary N) is 2. The van der Waals surface area contributed by atoms with Crippen LogP contribution in [0.2, 0.25) is 0 Å². The Morgan fingerprint density at radius 3 is 2.52 bits per heavy atom. The molecule has 2 aromatic rings. The van der Waals surface area contributed by atoms with Gasteiger partial charge in [-0.2, -0.15) is 0 Å². The van der Waals surface area contributed by atoms with Crippen LogP contribution in [0.5, 0.6) is 11.5 Å². The Kier molecular flexibility index (Phi) is 8.10. The minimum atomic E-state index is -0.212. The Labute approximate surface area is 161 Å². The maximum absolute atomic E-state index is 12.2. The molecule has 0 fully saturated rings. The molecule has 0 radical (unpaired) electrons. The van der Waals surface area contributed by atoms with Crippen LogP contribution in [-0.2, 0) is 11.3 Å². The van der Waals surface area contributed by atoms with E-state index in [-0.39, 0.29) is 12.5 Å².